The molecule has 1 saturated heterocycles. The molecule has 0 aliphatic carbocycles. The summed E-state index contributed by atoms with van der Waals surface area (Å²) in [5.41, 5.74) is 5.96. The van der Waals surface area contributed by atoms with E-state index in [4.69, 9.17) is 5.73 Å². The predicted molar refractivity (Wildman–Crippen MR) is 81.6 cm³/mol. The van der Waals surface area contributed by atoms with Crippen LogP contribution in [-0.4, -0.2) is 74.7 Å². The molecule has 0 aromatic carbocycles. The molecule has 1 rings (SSSR count). The molecule has 1 aliphatic heterocycles. The number of hydrogen-bond acceptors (Lipinski definition) is 5. The standard InChI is InChI=1S/C13H29N5O.H2O.Zn/c1-11(2)12(14)13(19)18-9-7-16-5-3-15-4-6-17-8-10-18;;/h11-12,15-17H,3-10,14H2,1-2H3;1H2;/q;;+2/t12-;;/m0../s1. The fourth-order valence-electron chi connectivity index (χ4n) is 1.98. The van der Waals surface area contributed by atoms with Crippen LogP contribution in [0.5, 0.6) is 0 Å². The summed E-state index contributed by atoms with van der Waals surface area (Å²) < 4.78 is 0. The molecule has 0 spiro atoms. The molecule has 1 heterocycles. The number of carbonyl (C=O) groups is 1. The van der Waals surface area contributed by atoms with Crippen LogP contribution >= 0.6 is 0 Å². The topological polar surface area (TPSA) is 114 Å². The third-order valence-electron chi connectivity index (χ3n) is 3.39. The van der Waals surface area contributed by atoms with Crippen LogP contribution in [0.1, 0.15) is 13.8 Å². The van der Waals surface area contributed by atoms with Crippen molar-refractivity contribution in [1.82, 2.24) is 20.9 Å². The molecule has 0 aromatic rings. The molecular formula is C13H31N5O2Zn+2. The van der Waals surface area contributed by atoms with E-state index in [1.807, 2.05) is 18.7 Å². The number of rotatable bonds is 2. The van der Waals surface area contributed by atoms with Crippen LogP contribution in [0.25, 0.3) is 0 Å². The SMILES string of the molecule is CC(C)[C@H](N)C(=O)N1CCNCCNCCNCC1.O.[Zn+2]. The van der Waals surface area contributed by atoms with Gasteiger partial charge in [-0.3, -0.25) is 4.79 Å². The van der Waals surface area contributed by atoms with E-state index in [9.17, 15) is 4.79 Å². The summed E-state index contributed by atoms with van der Waals surface area (Å²) in [5, 5.41) is 10.0. The molecule has 1 fully saturated rings. The van der Waals surface area contributed by atoms with Gasteiger partial charge in [0.2, 0.25) is 5.91 Å². The van der Waals surface area contributed by atoms with Gasteiger partial charge in [-0.25, -0.2) is 0 Å². The van der Waals surface area contributed by atoms with E-state index >= 15 is 0 Å². The third kappa shape index (κ3) is 9.50. The second-order valence-corrected chi connectivity index (χ2v) is 5.35. The maximum absolute atomic E-state index is 12.3. The molecule has 0 aromatic heterocycles. The van der Waals surface area contributed by atoms with Crippen molar-refractivity contribution in [1.29, 1.82) is 0 Å². The van der Waals surface area contributed by atoms with Crippen LogP contribution in [0.4, 0.5) is 0 Å². The Kier molecular flexibility index (Phi) is 14.9. The smallest absolute Gasteiger partial charge is 0.412 e. The molecule has 0 saturated carbocycles. The Morgan fingerprint density at radius 1 is 0.952 bits per heavy atom. The zero-order valence-electron chi connectivity index (χ0n) is 13.5. The molecule has 1 atom stereocenters. The van der Waals surface area contributed by atoms with Crippen molar-refractivity contribution in [2.75, 3.05) is 52.4 Å². The largest absolute Gasteiger partial charge is 2.00 e. The summed E-state index contributed by atoms with van der Waals surface area (Å²) in [5.74, 6) is 0.243. The number of nitrogens with two attached hydrogens (primary N) is 1. The number of nitrogens with zero attached hydrogens (tertiary/aromatic N) is 1. The minimum absolute atomic E-state index is 0. The second kappa shape index (κ2) is 13.5. The molecule has 0 unspecified atom stereocenters. The first kappa shape index (κ1) is 23.2. The zero-order chi connectivity index (χ0) is 14.1. The summed E-state index contributed by atoms with van der Waals surface area (Å²) in [6.07, 6.45) is 0. The van der Waals surface area contributed by atoms with E-state index in [-0.39, 0.29) is 36.8 Å². The van der Waals surface area contributed by atoms with Gasteiger partial charge in [0.25, 0.3) is 0 Å². The van der Waals surface area contributed by atoms with Crippen molar-refractivity contribution in [2.24, 2.45) is 11.7 Å². The second-order valence-electron chi connectivity index (χ2n) is 5.35. The Labute approximate surface area is 140 Å². The van der Waals surface area contributed by atoms with Crippen LogP contribution in [0.2, 0.25) is 0 Å². The van der Waals surface area contributed by atoms with E-state index in [1.54, 1.807) is 0 Å². The normalized spacial score (nSPS) is 19.5. The predicted octanol–water partition coefficient (Wildman–Crippen LogP) is -2.25. The van der Waals surface area contributed by atoms with E-state index in [1.165, 1.54) is 0 Å². The van der Waals surface area contributed by atoms with Crippen molar-refractivity contribution >= 4 is 5.91 Å². The van der Waals surface area contributed by atoms with Gasteiger partial charge in [-0.05, 0) is 5.92 Å². The number of carbonyl (C=O) groups excluding carboxylic acids is 1. The molecule has 21 heavy (non-hydrogen) atoms. The summed E-state index contributed by atoms with van der Waals surface area (Å²) >= 11 is 0. The Balaban J connectivity index is 0. The molecule has 120 valence electrons. The Hall–Kier alpha value is -0.107. The molecule has 0 radical (unpaired) electrons. The van der Waals surface area contributed by atoms with Crippen molar-refractivity contribution in [3.05, 3.63) is 0 Å². The summed E-state index contributed by atoms with van der Waals surface area (Å²) in [7, 11) is 0. The van der Waals surface area contributed by atoms with Gasteiger partial charge >= 0.3 is 19.5 Å². The Bertz CT molecular complexity index is 257. The molecule has 7 nitrogen and oxygen atoms in total. The van der Waals surface area contributed by atoms with Crippen LogP contribution in [-0.2, 0) is 24.3 Å². The average Bonchev–Trinajstić information content (AvgIpc) is 2.37. The van der Waals surface area contributed by atoms with E-state index < -0.39 is 6.04 Å². The number of hydrogen-bond donors (Lipinski definition) is 4. The maximum Gasteiger partial charge on any atom is 2.00 e. The van der Waals surface area contributed by atoms with Gasteiger partial charge in [0, 0.05) is 52.4 Å². The Morgan fingerprint density at radius 2 is 1.33 bits per heavy atom. The summed E-state index contributed by atoms with van der Waals surface area (Å²) in [6, 6.07) is -0.394. The van der Waals surface area contributed by atoms with Crippen LogP contribution in [0, 0.1) is 5.92 Å². The summed E-state index contributed by atoms with van der Waals surface area (Å²) in [6.45, 7) is 10.8. The molecule has 0 bridgehead atoms. The quantitative estimate of drug-likeness (QED) is 0.418. The summed E-state index contributed by atoms with van der Waals surface area (Å²) in [4.78, 5) is 14.2. The van der Waals surface area contributed by atoms with Crippen LogP contribution in [0.3, 0.4) is 0 Å². The van der Waals surface area contributed by atoms with Crippen molar-refractivity contribution < 1.29 is 29.7 Å². The molecule has 8 heteroatoms. The van der Waals surface area contributed by atoms with E-state index in [0.29, 0.717) is 0 Å². The maximum atomic E-state index is 12.3. The van der Waals surface area contributed by atoms with E-state index in [2.05, 4.69) is 16.0 Å². The Morgan fingerprint density at radius 3 is 1.71 bits per heavy atom. The van der Waals surface area contributed by atoms with Gasteiger partial charge in [0.05, 0.1) is 6.04 Å². The van der Waals surface area contributed by atoms with Gasteiger partial charge < -0.3 is 32.1 Å². The van der Waals surface area contributed by atoms with Crippen LogP contribution in [0.15, 0.2) is 0 Å². The van der Waals surface area contributed by atoms with Gasteiger partial charge in [0.1, 0.15) is 0 Å². The fraction of sp³-hybridized carbons (Fsp3) is 0.923. The first-order valence-corrected chi connectivity index (χ1v) is 7.29. The van der Waals surface area contributed by atoms with Gasteiger partial charge in [-0.2, -0.15) is 0 Å². The molecular weight excluding hydrogens is 324 g/mol. The zero-order valence-corrected chi connectivity index (χ0v) is 16.4. The van der Waals surface area contributed by atoms with Crippen LogP contribution < -0.4 is 21.7 Å². The first-order valence-electron chi connectivity index (χ1n) is 7.29. The molecule has 1 amide bonds. The van der Waals surface area contributed by atoms with Crippen molar-refractivity contribution in [3.8, 4) is 0 Å². The minimum atomic E-state index is -0.394. The average molecular weight is 355 g/mol. The van der Waals surface area contributed by atoms with Crippen molar-refractivity contribution in [3.63, 3.8) is 0 Å². The monoisotopic (exact) mass is 353 g/mol. The van der Waals surface area contributed by atoms with Gasteiger partial charge in [-0.15, -0.1) is 0 Å². The molecule has 7 N–H and O–H groups in total. The minimum Gasteiger partial charge on any atom is -0.412 e. The first-order chi connectivity index (χ1) is 9.13. The molecule has 1 aliphatic rings. The number of amides is 1. The van der Waals surface area contributed by atoms with Gasteiger partial charge in [0.15, 0.2) is 0 Å². The third-order valence-corrected chi connectivity index (χ3v) is 3.39. The van der Waals surface area contributed by atoms with E-state index in [0.717, 1.165) is 52.4 Å². The van der Waals surface area contributed by atoms with Crippen molar-refractivity contribution in [2.45, 2.75) is 19.9 Å². The number of nitrogens with one attached hydrogen (secondary N) is 3. The van der Waals surface area contributed by atoms with Gasteiger partial charge in [-0.1, -0.05) is 13.8 Å². The fourth-order valence-corrected chi connectivity index (χ4v) is 1.98.